The van der Waals surface area contributed by atoms with E-state index in [0.29, 0.717) is 6.04 Å². The maximum atomic E-state index is 5.04. The SMILES string of the molecule is CCNCc1sc(N(C)C2CCCCCC2)nc1C1CC1. The second-order valence-electron chi connectivity index (χ2n) is 6.62. The molecular weight excluding hydrogens is 278 g/mol. The fourth-order valence-electron chi connectivity index (χ4n) is 3.34. The lowest BCUT2D eigenvalue weighted by Gasteiger charge is -2.26. The van der Waals surface area contributed by atoms with Crippen LogP contribution < -0.4 is 10.2 Å². The zero-order valence-corrected chi connectivity index (χ0v) is 14.3. The molecule has 1 heterocycles. The normalized spacial score (nSPS) is 20.5. The van der Waals surface area contributed by atoms with Crippen LogP contribution >= 0.6 is 11.3 Å². The summed E-state index contributed by atoms with van der Waals surface area (Å²) in [6.07, 6.45) is 11.0. The van der Waals surface area contributed by atoms with Crippen molar-refractivity contribution >= 4 is 16.5 Å². The van der Waals surface area contributed by atoms with Crippen LogP contribution in [0.3, 0.4) is 0 Å². The van der Waals surface area contributed by atoms with E-state index in [1.807, 2.05) is 11.3 Å². The molecule has 21 heavy (non-hydrogen) atoms. The third-order valence-electron chi connectivity index (χ3n) is 4.89. The van der Waals surface area contributed by atoms with Gasteiger partial charge in [-0.05, 0) is 32.2 Å². The van der Waals surface area contributed by atoms with Gasteiger partial charge in [0, 0.05) is 30.4 Å². The average molecular weight is 308 g/mol. The van der Waals surface area contributed by atoms with Crippen LogP contribution in [0.25, 0.3) is 0 Å². The largest absolute Gasteiger partial charge is 0.348 e. The van der Waals surface area contributed by atoms with Gasteiger partial charge in [0.2, 0.25) is 0 Å². The van der Waals surface area contributed by atoms with Crippen LogP contribution in [-0.2, 0) is 6.54 Å². The van der Waals surface area contributed by atoms with Crippen LogP contribution in [0.5, 0.6) is 0 Å². The Balaban J connectivity index is 1.73. The quantitative estimate of drug-likeness (QED) is 0.795. The lowest BCUT2D eigenvalue weighted by Crippen LogP contribution is -2.30. The van der Waals surface area contributed by atoms with Gasteiger partial charge in [0.1, 0.15) is 0 Å². The highest BCUT2D eigenvalue weighted by Crippen LogP contribution is 2.44. The van der Waals surface area contributed by atoms with Gasteiger partial charge >= 0.3 is 0 Å². The van der Waals surface area contributed by atoms with E-state index in [1.54, 1.807) is 0 Å². The van der Waals surface area contributed by atoms with Gasteiger partial charge in [0.15, 0.2) is 5.13 Å². The third kappa shape index (κ3) is 3.78. The molecule has 2 aliphatic carbocycles. The summed E-state index contributed by atoms with van der Waals surface area (Å²) >= 11 is 1.93. The summed E-state index contributed by atoms with van der Waals surface area (Å²) in [5.41, 5.74) is 1.40. The number of rotatable bonds is 6. The van der Waals surface area contributed by atoms with Crippen molar-refractivity contribution in [2.75, 3.05) is 18.5 Å². The van der Waals surface area contributed by atoms with Gasteiger partial charge in [-0.25, -0.2) is 4.98 Å². The Bertz CT molecular complexity index is 445. The molecule has 2 fully saturated rings. The van der Waals surface area contributed by atoms with Gasteiger partial charge in [0.25, 0.3) is 0 Å². The van der Waals surface area contributed by atoms with Crippen molar-refractivity contribution < 1.29 is 0 Å². The smallest absolute Gasteiger partial charge is 0.185 e. The molecule has 0 atom stereocenters. The van der Waals surface area contributed by atoms with Crippen LogP contribution in [0.2, 0.25) is 0 Å². The van der Waals surface area contributed by atoms with Gasteiger partial charge in [-0.15, -0.1) is 11.3 Å². The minimum atomic E-state index is 0.706. The number of thiazole rings is 1. The van der Waals surface area contributed by atoms with Gasteiger partial charge in [-0.1, -0.05) is 32.6 Å². The molecule has 3 nitrogen and oxygen atoms in total. The number of nitrogens with one attached hydrogen (secondary N) is 1. The maximum Gasteiger partial charge on any atom is 0.185 e. The van der Waals surface area contributed by atoms with E-state index < -0.39 is 0 Å². The van der Waals surface area contributed by atoms with Crippen molar-refractivity contribution in [2.45, 2.75) is 76.8 Å². The molecule has 4 heteroatoms. The van der Waals surface area contributed by atoms with Crippen LogP contribution in [0.1, 0.15) is 74.8 Å². The topological polar surface area (TPSA) is 28.2 Å². The van der Waals surface area contributed by atoms with E-state index in [2.05, 4.69) is 24.2 Å². The standard InChI is InChI=1S/C17H29N3S/c1-3-18-12-15-16(13-10-11-13)19-17(21-15)20(2)14-8-6-4-5-7-9-14/h13-14,18H,3-12H2,1-2H3. The fraction of sp³-hybridized carbons (Fsp3) is 0.824. The van der Waals surface area contributed by atoms with Gasteiger partial charge in [-0.3, -0.25) is 0 Å². The summed E-state index contributed by atoms with van der Waals surface area (Å²) in [6.45, 7) is 4.21. The molecule has 1 N–H and O–H groups in total. The summed E-state index contributed by atoms with van der Waals surface area (Å²) in [7, 11) is 2.27. The fourth-order valence-corrected chi connectivity index (χ4v) is 4.49. The van der Waals surface area contributed by atoms with Crippen LogP contribution in [0, 0.1) is 0 Å². The molecule has 0 aliphatic heterocycles. The van der Waals surface area contributed by atoms with Gasteiger partial charge < -0.3 is 10.2 Å². The van der Waals surface area contributed by atoms with Crippen molar-refractivity contribution in [1.29, 1.82) is 0 Å². The van der Waals surface area contributed by atoms with E-state index in [1.165, 1.54) is 67.1 Å². The Morgan fingerprint density at radius 3 is 2.48 bits per heavy atom. The molecule has 0 aromatic carbocycles. The Labute approximate surface area is 133 Å². The van der Waals surface area contributed by atoms with Gasteiger partial charge in [-0.2, -0.15) is 0 Å². The predicted molar refractivity (Wildman–Crippen MR) is 91.4 cm³/mol. The molecule has 0 bridgehead atoms. The van der Waals surface area contributed by atoms with Crippen molar-refractivity contribution in [3.8, 4) is 0 Å². The van der Waals surface area contributed by atoms with E-state index in [4.69, 9.17) is 4.98 Å². The Morgan fingerprint density at radius 2 is 1.86 bits per heavy atom. The van der Waals surface area contributed by atoms with E-state index in [-0.39, 0.29) is 0 Å². The van der Waals surface area contributed by atoms with Crippen molar-refractivity contribution in [3.63, 3.8) is 0 Å². The molecular formula is C17H29N3S. The highest BCUT2D eigenvalue weighted by molar-refractivity contribution is 7.15. The van der Waals surface area contributed by atoms with E-state index >= 15 is 0 Å². The lowest BCUT2D eigenvalue weighted by molar-refractivity contribution is 0.552. The minimum Gasteiger partial charge on any atom is -0.348 e. The van der Waals surface area contributed by atoms with Gasteiger partial charge in [0.05, 0.1) is 5.69 Å². The first-order valence-electron chi connectivity index (χ1n) is 8.72. The minimum absolute atomic E-state index is 0.706. The molecule has 2 saturated carbocycles. The lowest BCUT2D eigenvalue weighted by atomic mass is 10.1. The third-order valence-corrected chi connectivity index (χ3v) is 6.05. The van der Waals surface area contributed by atoms with Crippen molar-refractivity contribution in [1.82, 2.24) is 10.3 Å². The Morgan fingerprint density at radius 1 is 1.14 bits per heavy atom. The molecule has 1 aromatic rings. The van der Waals surface area contributed by atoms with Crippen molar-refractivity contribution in [3.05, 3.63) is 10.6 Å². The second-order valence-corrected chi connectivity index (χ2v) is 7.68. The molecule has 0 radical (unpaired) electrons. The first kappa shape index (κ1) is 15.3. The molecule has 1 aromatic heterocycles. The second kappa shape index (κ2) is 7.10. The summed E-state index contributed by atoms with van der Waals surface area (Å²) in [5.74, 6) is 0.756. The molecule has 3 rings (SSSR count). The molecule has 0 spiro atoms. The molecule has 118 valence electrons. The van der Waals surface area contributed by atoms with E-state index in [9.17, 15) is 0 Å². The van der Waals surface area contributed by atoms with Crippen molar-refractivity contribution in [2.24, 2.45) is 0 Å². The highest BCUT2D eigenvalue weighted by Gasteiger charge is 2.31. The summed E-state index contributed by atoms with van der Waals surface area (Å²) in [6, 6.07) is 0.706. The molecule has 0 unspecified atom stereocenters. The summed E-state index contributed by atoms with van der Waals surface area (Å²) in [5, 5.41) is 4.74. The molecule has 0 amide bonds. The Kier molecular flexibility index (Phi) is 5.17. The zero-order valence-electron chi connectivity index (χ0n) is 13.5. The van der Waals surface area contributed by atoms with E-state index in [0.717, 1.165) is 19.0 Å². The number of nitrogens with zero attached hydrogens (tertiary/aromatic N) is 2. The number of hydrogen-bond donors (Lipinski definition) is 1. The maximum absolute atomic E-state index is 5.04. The highest BCUT2D eigenvalue weighted by atomic mass is 32.1. The Hall–Kier alpha value is -0.610. The monoisotopic (exact) mass is 307 g/mol. The zero-order chi connectivity index (χ0) is 14.7. The van der Waals surface area contributed by atoms with Crippen LogP contribution in [0.15, 0.2) is 0 Å². The average Bonchev–Trinajstić information content (AvgIpc) is 3.29. The number of aromatic nitrogens is 1. The number of anilines is 1. The molecule has 2 aliphatic rings. The summed E-state index contributed by atoms with van der Waals surface area (Å²) < 4.78 is 0. The predicted octanol–water partition coefficient (Wildman–Crippen LogP) is 4.29. The van der Waals surface area contributed by atoms with Crippen LogP contribution in [-0.4, -0.2) is 24.6 Å². The molecule has 0 saturated heterocycles. The summed E-state index contributed by atoms with van der Waals surface area (Å²) in [4.78, 5) is 9.00. The first-order valence-corrected chi connectivity index (χ1v) is 9.54. The first-order chi connectivity index (χ1) is 10.3. The number of hydrogen-bond acceptors (Lipinski definition) is 4. The van der Waals surface area contributed by atoms with Crippen LogP contribution in [0.4, 0.5) is 5.13 Å².